The molecule has 0 aliphatic carbocycles. The van der Waals surface area contributed by atoms with Crippen molar-refractivity contribution < 1.29 is 14.3 Å². The van der Waals surface area contributed by atoms with Crippen LogP contribution in [0.5, 0.6) is 11.5 Å². The Morgan fingerprint density at radius 3 is 2.28 bits per heavy atom. The molecule has 4 heteroatoms. The molecule has 0 aromatic heterocycles. The summed E-state index contributed by atoms with van der Waals surface area (Å²) < 4.78 is 11.1. The van der Waals surface area contributed by atoms with Crippen LogP contribution in [-0.2, 0) is 10.2 Å². The molecule has 1 N–H and O–H groups in total. The zero-order valence-electron chi connectivity index (χ0n) is 15.6. The Bertz CT molecular complexity index is 719. The predicted octanol–water partition coefficient (Wildman–Crippen LogP) is 4.25. The third-order valence-corrected chi connectivity index (χ3v) is 4.04. The fourth-order valence-electron chi connectivity index (χ4n) is 2.74. The first-order valence-electron chi connectivity index (χ1n) is 8.47. The largest absolute Gasteiger partial charge is 0.496 e. The second kappa shape index (κ2) is 8.06. The molecule has 4 nitrogen and oxygen atoms in total. The third-order valence-electron chi connectivity index (χ3n) is 4.04. The van der Waals surface area contributed by atoms with Crippen molar-refractivity contribution in [3.05, 3.63) is 59.7 Å². The van der Waals surface area contributed by atoms with E-state index in [4.69, 9.17) is 9.47 Å². The molecule has 2 aromatic carbocycles. The normalized spacial score (nSPS) is 12.4. The van der Waals surface area contributed by atoms with Crippen LogP contribution in [0.4, 0.5) is 0 Å². The summed E-state index contributed by atoms with van der Waals surface area (Å²) in [7, 11) is 1.62. The van der Waals surface area contributed by atoms with Gasteiger partial charge in [0.1, 0.15) is 11.5 Å². The van der Waals surface area contributed by atoms with E-state index in [1.807, 2.05) is 55.5 Å². The van der Waals surface area contributed by atoms with Crippen molar-refractivity contribution in [3.63, 3.8) is 0 Å². The zero-order valence-corrected chi connectivity index (χ0v) is 15.6. The molecule has 0 spiro atoms. The molecular formula is C21H27NO3. The van der Waals surface area contributed by atoms with Crippen LogP contribution in [0.25, 0.3) is 0 Å². The number of rotatable bonds is 6. The molecule has 0 radical (unpaired) electrons. The quantitative estimate of drug-likeness (QED) is 0.854. The third kappa shape index (κ3) is 4.99. The van der Waals surface area contributed by atoms with Crippen molar-refractivity contribution in [2.24, 2.45) is 0 Å². The summed E-state index contributed by atoms with van der Waals surface area (Å²) in [5.74, 6) is 1.34. The summed E-state index contributed by atoms with van der Waals surface area (Å²) in [6.07, 6.45) is 0. The first-order chi connectivity index (χ1) is 11.8. The number of hydrogen-bond donors (Lipinski definition) is 1. The molecule has 1 amide bonds. The molecule has 0 aliphatic heterocycles. The summed E-state index contributed by atoms with van der Waals surface area (Å²) in [6, 6.07) is 15.3. The van der Waals surface area contributed by atoms with Gasteiger partial charge >= 0.3 is 0 Å². The Balaban J connectivity index is 2.00. The van der Waals surface area contributed by atoms with Gasteiger partial charge in [0, 0.05) is 5.56 Å². The SMILES string of the molecule is COc1ccccc1[C@H](C)NC(=O)COc1ccccc1C(C)(C)C. The number of methoxy groups -OCH3 is 1. The topological polar surface area (TPSA) is 47.6 Å². The molecule has 0 aliphatic rings. The van der Waals surface area contributed by atoms with Gasteiger partial charge in [-0.25, -0.2) is 0 Å². The Labute approximate surface area is 150 Å². The first kappa shape index (κ1) is 18.8. The van der Waals surface area contributed by atoms with Crippen LogP contribution in [0, 0.1) is 0 Å². The predicted molar refractivity (Wildman–Crippen MR) is 100 cm³/mol. The Morgan fingerprint density at radius 1 is 1.04 bits per heavy atom. The second-order valence-electron chi connectivity index (χ2n) is 7.07. The molecule has 2 rings (SSSR count). The van der Waals surface area contributed by atoms with E-state index in [1.165, 1.54) is 0 Å². The lowest BCUT2D eigenvalue weighted by Crippen LogP contribution is -2.31. The van der Waals surface area contributed by atoms with Crippen molar-refractivity contribution in [1.29, 1.82) is 0 Å². The van der Waals surface area contributed by atoms with Crippen LogP contribution in [0.1, 0.15) is 44.9 Å². The number of ether oxygens (including phenoxy) is 2. The monoisotopic (exact) mass is 341 g/mol. The lowest BCUT2D eigenvalue weighted by Gasteiger charge is -2.23. The number of carbonyl (C=O) groups excluding carboxylic acids is 1. The maximum Gasteiger partial charge on any atom is 0.258 e. The van der Waals surface area contributed by atoms with E-state index in [0.717, 1.165) is 22.6 Å². The number of nitrogens with one attached hydrogen (secondary N) is 1. The fourth-order valence-corrected chi connectivity index (χ4v) is 2.74. The summed E-state index contributed by atoms with van der Waals surface area (Å²) in [4.78, 5) is 12.3. The van der Waals surface area contributed by atoms with E-state index in [0.29, 0.717) is 0 Å². The second-order valence-corrected chi connectivity index (χ2v) is 7.07. The molecule has 0 saturated carbocycles. The van der Waals surface area contributed by atoms with E-state index in [9.17, 15) is 4.79 Å². The number of benzene rings is 2. The minimum absolute atomic E-state index is 0.0212. The molecule has 0 heterocycles. The molecule has 0 unspecified atom stereocenters. The van der Waals surface area contributed by atoms with Crippen LogP contribution >= 0.6 is 0 Å². The first-order valence-corrected chi connectivity index (χ1v) is 8.47. The number of para-hydroxylation sites is 2. The summed E-state index contributed by atoms with van der Waals surface area (Å²) >= 11 is 0. The van der Waals surface area contributed by atoms with Gasteiger partial charge in [0.2, 0.25) is 0 Å². The lowest BCUT2D eigenvalue weighted by atomic mass is 9.86. The van der Waals surface area contributed by atoms with E-state index in [1.54, 1.807) is 7.11 Å². The highest BCUT2D eigenvalue weighted by atomic mass is 16.5. The van der Waals surface area contributed by atoms with Crippen LogP contribution < -0.4 is 14.8 Å². The average Bonchev–Trinajstić information content (AvgIpc) is 2.59. The van der Waals surface area contributed by atoms with Crippen LogP contribution in [-0.4, -0.2) is 19.6 Å². The van der Waals surface area contributed by atoms with E-state index in [2.05, 4.69) is 26.1 Å². The van der Waals surface area contributed by atoms with Crippen LogP contribution in [0.3, 0.4) is 0 Å². The van der Waals surface area contributed by atoms with Crippen molar-refractivity contribution in [2.75, 3.05) is 13.7 Å². The molecular weight excluding hydrogens is 314 g/mol. The minimum atomic E-state index is -0.165. The number of carbonyl (C=O) groups is 1. The van der Waals surface area contributed by atoms with E-state index < -0.39 is 0 Å². The number of amides is 1. The lowest BCUT2D eigenvalue weighted by molar-refractivity contribution is -0.123. The van der Waals surface area contributed by atoms with E-state index in [-0.39, 0.29) is 24.0 Å². The molecule has 0 bridgehead atoms. The molecule has 0 saturated heterocycles. The van der Waals surface area contributed by atoms with E-state index >= 15 is 0 Å². The van der Waals surface area contributed by atoms with Gasteiger partial charge in [0.25, 0.3) is 5.91 Å². The molecule has 25 heavy (non-hydrogen) atoms. The van der Waals surface area contributed by atoms with Gasteiger partial charge in [0.15, 0.2) is 6.61 Å². The van der Waals surface area contributed by atoms with Crippen molar-refractivity contribution in [2.45, 2.75) is 39.2 Å². The van der Waals surface area contributed by atoms with Gasteiger partial charge in [-0.3, -0.25) is 4.79 Å². The van der Waals surface area contributed by atoms with Crippen molar-refractivity contribution >= 4 is 5.91 Å². The Kier molecular flexibility index (Phi) is 6.07. The molecule has 1 atom stereocenters. The highest BCUT2D eigenvalue weighted by Crippen LogP contribution is 2.31. The summed E-state index contributed by atoms with van der Waals surface area (Å²) in [5.41, 5.74) is 1.98. The van der Waals surface area contributed by atoms with Gasteiger partial charge in [-0.1, -0.05) is 57.2 Å². The zero-order chi connectivity index (χ0) is 18.4. The molecule has 2 aromatic rings. The van der Waals surface area contributed by atoms with Crippen molar-refractivity contribution in [1.82, 2.24) is 5.32 Å². The highest BCUT2D eigenvalue weighted by Gasteiger charge is 2.19. The fraction of sp³-hybridized carbons (Fsp3) is 0.381. The minimum Gasteiger partial charge on any atom is -0.496 e. The Morgan fingerprint density at radius 2 is 1.64 bits per heavy atom. The average molecular weight is 341 g/mol. The summed E-state index contributed by atoms with van der Waals surface area (Å²) in [5, 5.41) is 2.96. The van der Waals surface area contributed by atoms with Gasteiger partial charge in [-0.05, 0) is 30.0 Å². The molecule has 134 valence electrons. The maximum atomic E-state index is 12.3. The standard InChI is InChI=1S/C21H27NO3/c1-15(16-10-6-8-12-18(16)24-5)22-20(23)14-25-19-13-9-7-11-17(19)21(2,3)4/h6-13,15H,14H2,1-5H3,(H,22,23)/t15-/m0/s1. The highest BCUT2D eigenvalue weighted by molar-refractivity contribution is 5.78. The summed E-state index contributed by atoms with van der Waals surface area (Å²) in [6.45, 7) is 8.28. The smallest absolute Gasteiger partial charge is 0.258 e. The number of hydrogen-bond acceptors (Lipinski definition) is 3. The van der Waals surface area contributed by atoms with Gasteiger partial charge in [-0.2, -0.15) is 0 Å². The van der Waals surface area contributed by atoms with Crippen molar-refractivity contribution in [3.8, 4) is 11.5 Å². The molecule has 0 fully saturated rings. The van der Waals surface area contributed by atoms with Crippen LogP contribution in [0.15, 0.2) is 48.5 Å². The van der Waals surface area contributed by atoms with Gasteiger partial charge < -0.3 is 14.8 Å². The van der Waals surface area contributed by atoms with Gasteiger partial charge in [-0.15, -0.1) is 0 Å². The Hall–Kier alpha value is -2.49. The van der Waals surface area contributed by atoms with Crippen LogP contribution in [0.2, 0.25) is 0 Å². The maximum absolute atomic E-state index is 12.3. The van der Waals surface area contributed by atoms with Gasteiger partial charge in [0.05, 0.1) is 13.2 Å².